The summed E-state index contributed by atoms with van der Waals surface area (Å²) in [7, 11) is 3.34. The molecule has 0 aromatic rings. The van der Waals surface area contributed by atoms with Crippen molar-refractivity contribution in [2.24, 2.45) is 0 Å². The van der Waals surface area contributed by atoms with Crippen LogP contribution in [0.2, 0.25) is 0 Å². The lowest BCUT2D eigenvalue weighted by Crippen LogP contribution is -2.59. The molecule has 2 fully saturated rings. The van der Waals surface area contributed by atoms with E-state index in [-0.39, 0.29) is 5.97 Å². The molecule has 4 heteroatoms. The zero-order chi connectivity index (χ0) is 10.9. The third-order valence-electron chi connectivity index (χ3n) is 3.96. The minimum Gasteiger partial charge on any atom is -0.468 e. The number of esters is 1. The van der Waals surface area contributed by atoms with Crippen molar-refractivity contribution < 1.29 is 9.53 Å². The van der Waals surface area contributed by atoms with Gasteiger partial charge in [0, 0.05) is 12.6 Å². The van der Waals surface area contributed by atoms with Gasteiger partial charge in [0.1, 0.15) is 5.54 Å². The normalized spacial score (nSPS) is 36.3. The van der Waals surface area contributed by atoms with Crippen LogP contribution in [0.25, 0.3) is 0 Å². The topological polar surface area (TPSA) is 41.6 Å². The van der Waals surface area contributed by atoms with E-state index in [1.165, 1.54) is 26.5 Å². The van der Waals surface area contributed by atoms with Crippen molar-refractivity contribution in [2.45, 2.75) is 37.3 Å². The van der Waals surface area contributed by atoms with Crippen LogP contribution in [0, 0.1) is 0 Å². The number of carbonyl (C=O) groups excluding carboxylic acids is 1. The van der Waals surface area contributed by atoms with E-state index in [2.05, 4.69) is 10.2 Å². The molecular formula is C11H20N2O2. The molecule has 4 nitrogen and oxygen atoms in total. The number of hydrogen-bond acceptors (Lipinski definition) is 4. The van der Waals surface area contributed by atoms with Gasteiger partial charge in [-0.05, 0) is 39.3 Å². The zero-order valence-electron chi connectivity index (χ0n) is 9.58. The van der Waals surface area contributed by atoms with Crippen LogP contribution in [0.4, 0.5) is 0 Å². The van der Waals surface area contributed by atoms with Crippen LogP contribution in [-0.2, 0) is 9.53 Å². The Bertz CT molecular complexity index is 257. The van der Waals surface area contributed by atoms with Crippen LogP contribution < -0.4 is 5.32 Å². The highest BCUT2D eigenvalue weighted by molar-refractivity contribution is 5.81. The van der Waals surface area contributed by atoms with E-state index in [1.807, 2.05) is 7.05 Å². The van der Waals surface area contributed by atoms with Crippen molar-refractivity contribution in [1.29, 1.82) is 0 Å². The first-order chi connectivity index (χ1) is 7.22. The van der Waals surface area contributed by atoms with Crippen molar-refractivity contribution in [2.75, 3.05) is 27.2 Å². The Labute approximate surface area is 91.0 Å². The fraction of sp³-hybridized carbons (Fsp3) is 0.909. The number of nitrogens with zero attached hydrogens (tertiary/aromatic N) is 1. The maximum atomic E-state index is 11.8. The first-order valence-electron chi connectivity index (χ1n) is 5.73. The third kappa shape index (κ3) is 1.76. The summed E-state index contributed by atoms with van der Waals surface area (Å²) >= 11 is 0. The number of rotatable bonds is 2. The highest BCUT2D eigenvalue weighted by atomic mass is 16.5. The standard InChI is InChI=1S/C11H20N2O2/c1-12-11(10(14)15-2)5-7-13-6-3-4-9(13)8-11/h9,12H,3-8H2,1-2H3. The van der Waals surface area contributed by atoms with Crippen molar-refractivity contribution in [3.63, 3.8) is 0 Å². The van der Waals surface area contributed by atoms with Crippen LogP contribution in [-0.4, -0.2) is 49.7 Å². The second kappa shape index (κ2) is 4.10. The second-order valence-electron chi connectivity index (χ2n) is 4.61. The number of ether oxygens (including phenoxy) is 1. The predicted molar refractivity (Wildman–Crippen MR) is 57.6 cm³/mol. The van der Waals surface area contributed by atoms with E-state index in [9.17, 15) is 4.79 Å². The molecule has 0 bridgehead atoms. The molecule has 2 heterocycles. The van der Waals surface area contributed by atoms with Crippen LogP contribution in [0.1, 0.15) is 25.7 Å². The number of likely N-dealkylation sites (N-methyl/N-ethyl adjacent to an activating group) is 1. The minimum atomic E-state index is -0.430. The summed E-state index contributed by atoms with van der Waals surface area (Å²) < 4.78 is 4.91. The summed E-state index contributed by atoms with van der Waals surface area (Å²) in [6, 6.07) is 0.574. The molecule has 0 amide bonds. The predicted octanol–water partition coefficient (Wildman–Crippen LogP) is 0.376. The van der Waals surface area contributed by atoms with E-state index in [0.717, 1.165) is 19.4 Å². The van der Waals surface area contributed by atoms with Crippen LogP contribution in [0.5, 0.6) is 0 Å². The molecule has 0 radical (unpaired) electrons. The Morgan fingerprint density at radius 2 is 2.33 bits per heavy atom. The highest BCUT2D eigenvalue weighted by Gasteiger charge is 2.46. The molecule has 2 saturated heterocycles. The Kier molecular flexibility index (Phi) is 2.98. The lowest BCUT2D eigenvalue weighted by atomic mass is 9.83. The van der Waals surface area contributed by atoms with Crippen molar-refractivity contribution in [1.82, 2.24) is 10.2 Å². The molecule has 86 valence electrons. The Balaban J connectivity index is 2.11. The van der Waals surface area contributed by atoms with Crippen molar-refractivity contribution >= 4 is 5.97 Å². The first kappa shape index (κ1) is 10.9. The molecule has 2 aliphatic rings. The molecule has 0 aromatic heterocycles. The number of carbonyl (C=O) groups is 1. The van der Waals surface area contributed by atoms with Gasteiger partial charge >= 0.3 is 5.97 Å². The highest BCUT2D eigenvalue weighted by Crippen LogP contribution is 2.33. The van der Waals surface area contributed by atoms with E-state index in [4.69, 9.17) is 4.74 Å². The fourth-order valence-electron chi connectivity index (χ4n) is 2.97. The molecule has 1 N–H and O–H groups in total. The first-order valence-corrected chi connectivity index (χ1v) is 5.73. The molecule has 2 aliphatic heterocycles. The summed E-state index contributed by atoms with van der Waals surface area (Å²) in [5.74, 6) is -0.100. The van der Waals surface area contributed by atoms with Crippen molar-refractivity contribution in [3.8, 4) is 0 Å². The average molecular weight is 212 g/mol. The lowest BCUT2D eigenvalue weighted by molar-refractivity contribution is -0.151. The lowest BCUT2D eigenvalue weighted by Gasteiger charge is -2.41. The maximum Gasteiger partial charge on any atom is 0.326 e. The van der Waals surface area contributed by atoms with Gasteiger partial charge in [0.15, 0.2) is 0 Å². The van der Waals surface area contributed by atoms with Crippen LogP contribution in [0.15, 0.2) is 0 Å². The van der Waals surface area contributed by atoms with E-state index >= 15 is 0 Å². The van der Waals surface area contributed by atoms with Crippen molar-refractivity contribution in [3.05, 3.63) is 0 Å². The van der Waals surface area contributed by atoms with E-state index in [1.54, 1.807) is 0 Å². The smallest absolute Gasteiger partial charge is 0.326 e. The summed E-state index contributed by atoms with van der Waals surface area (Å²) in [6.45, 7) is 2.21. The molecule has 0 spiro atoms. The van der Waals surface area contributed by atoms with Gasteiger partial charge in [-0.1, -0.05) is 0 Å². The Morgan fingerprint density at radius 1 is 1.53 bits per heavy atom. The van der Waals surface area contributed by atoms with Crippen LogP contribution in [0.3, 0.4) is 0 Å². The quantitative estimate of drug-likeness (QED) is 0.672. The van der Waals surface area contributed by atoms with Gasteiger partial charge in [0.2, 0.25) is 0 Å². The molecule has 15 heavy (non-hydrogen) atoms. The molecular weight excluding hydrogens is 192 g/mol. The van der Waals surface area contributed by atoms with Gasteiger partial charge in [-0.15, -0.1) is 0 Å². The third-order valence-corrected chi connectivity index (χ3v) is 3.96. The molecule has 2 rings (SSSR count). The molecule has 0 aliphatic carbocycles. The number of nitrogens with one attached hydrogen (secondary N) is 1. The van der Waals surface area contributed by atoms with Gasteiger partial charge in [-0.25, -0.2) is 0 Å². The number of fused-ring (bicyclic) bond motifs is 1. The second-order valence-corrected chi connectivity index (χ2v) is 4.61. The maximum absolute atomic E-state index is 11.8. The average Bonchev–Trinajstić information content (AvgIpc) is 2.74. The van der Waals surface area contributed by atoms with Gasteiger partial charge in [-0.3, -0.25) is 4.79 Å². The summed E-state index contributed by atoms with van der Waals surface area (Å²) in [6.07, 6.45) is 4.26. The fourth-order valence-corrected chi connectivity index (χ4v) is 2.97. The van der Waals surface area contributed by atoms with Gasteiger partial charge in [0.05, 0.1) is 7.11 Å². The summed E-state index contributed by atoms with van der Waals surface area (Å²) in [4.78, 5) is 14.3. The Morgan fingerprint density at radius 3 is 3.00 bits per heavy atom. The number of hydrogen-bond donors (Lipinski definition) is 1. The van der Waals surface area contributed by atoms with Gasteiger partial charge < -0.3 is 15.0 Å². The zero-order valence-corrected chi connectivity index (χ0v) is 9.58. The van der Waals surface area contributed by atoms with Gasteiger partial charge in [-0.2, -0.15) is 0 Å². The summed E-state index contributed by atoms with van der Waals surface area (Å²) in [5, 5.41) is 3.18. The van der Waals surface area contributed by atoms with E-state index in [0.29, 0.717) is 6.04 Å². The number of piperidine rings is 1. The molecule has 2 atom stereocenters. The largest absolute Gasteiger partial charge is 0.468 e. The summed E-state index contributed by atoms with van der Waals surface area (Å²) in [5.41, 5.74) is -0.430. The molecule has 0 aromatic carbocycles. The number of methoxy groups -OCH3 is 1. The van der Waals surface area contributed by atoms with E-state index < -0.39 is 5.54 Å². The molecule has 2 unspecified atom stereocenters. The van der Waals surface area contributed by atoms with Gasteiger partial charge in [0.25, 0.3) is 0 Å². The molecule has 0 saturated carbocycles. The Hall–Kier alpha value is -0.610. The van der Waals surface area contributed by atoms with Crippen LogP contribution >= 0.6 is 0 Å². The SMILES string of the molecule is CNC1(C(=O)OC)CCN2CCCC2C1. The monoisotopic (exact) mass is 212 g/mol. The minimum absolute atomic E-state index is 0.100.